The smallest absolute Gasteiger partial charge is 0.259 e. The number of rotatable bonds is 5. The normalized spacial score (nSPS) is 19.0. The molecular formula is C27H33ClN4O3. The van der Waals surface area contributed by atoms with E-state index in [2.05, 4.69) is 10.2 Å². The molecule has 1 N–H and O–H groups in total. The first-order valence-electron chi connectivity index (χ1n) is 12.8. The summed E-state index contributed by atoms with van der Waals surface area (Å²) >= 11 is 6.20. The van der Waals surface area contributed by atoms with Gasteiger partial charge in [-0.3, -0.25) is 14.4 Å². The SMILES string of the molecule is Cc1ccc(Cl)cc1N1CCN(C(=O)c2cn(C3CC3)cc(C(=O)NC3CCCCC3)c2=O)CC1. The van der Waals surface area contributed by atoms with Gasteiger partial charge in [-0.1, -0.05) is 36.9 Å². The number of nitrogens with one attached hydrogen (secondary N) is 1. The zero-order chi connectivity index (χ0) is 24.5. The van der Waals surface area contributed by atoms with E-state index < -0.39 is 5.43 Å². The van der Waals surface area contributed by atoms with Gasteiger partial charge in [0.25, 0.3) is 11.8 Å². The minimum Gasteiger partial charge on any atom is -0.368 e. The summed E-state index contributed by atoms with van der Waals surface area (Å²) in [4.78, 5) is 43.9. The molecule has 5 rings (SSSR count). The van der Waals surface area contributed by atoms with Crippen LogP contribution in [-0.4, -0.2) is 53.5 Å². The van der Waals surface area contributed by atoms with E-state index in [1.807, 2.05) is 29.7 Å². The molecule has 2 saturated carbocycles. The summed E-state index contributed by atoms with van der Waals surface area (Å²) in [5, 5.41) is 3.74. The summed E-state index contributed by atoms with van der Waals surface area (Å²) in [6.07, 6.45) is 10.6. The highest BCUT2D eigenvalue weighted by Gasteiger charge is 2.30. The molecule has 186 valence electrons. The Bertz CT molecular complexity index is 1180. The molecule has 2 aromatic rings. The maximum Gasteiger partial charge on any atom is 0.259 e. The van der Waals surface area contributed by atoms with Gasteiger partial charge in [0, 0.05) is 61.4 Å². The minimum atomic E-state index is -0.465. The number of pyridine rings is 1. The van der Waals surface area contributed by atoms with Gasteiger partial charge in [0.15, 0.2) is 0 Å². The lowest BCUT2D eigenvalue weighted by Gasteiger charge is -2.37. The number of nitrogens with zero attached hydrogens (tertiary/aromatic N) is 3. The third-order valence-corrected chi connectivity index (χ3v) is 7.74. The Morgan fingerprint density at radius 3 is 2.31 bits per heavy atom. The highest BCUT2D eigenvalue weighted by atomic mass is 35.5. The molecule has 0 atom stereocenters. The Morgan fingerprint density at radius 2 is 1.63 bits per heavy atom. The summed E-state index contributed by atoms with van der Waals surface area (Å²) < 4.78 is 1.90. The third-order valence-electron chi connectivity index (χ3n) is 7.51. The maximum atomic E-state index is 13.5. The summed E-state index contributed by atoms with van der Waals surface area (Å²) in [5.74, 6) is -0.647. The van der Waals surface area contributed by atoms with Crippen LogP contribution in [0.15, 0.2) is 35.4 Å². The van der Waals surface area contributed by atoms with Crippen molar-refractivity contribution < 1.29 is 9.59 Å². The van der Waals surface area contributed by atoms with E-state index in [4.69, 9.17) is 11.6 Å². The fraction of sp³-hybridized carbons (Fsp3) is 0.519. The van der Waals surface area contributed by atoms with Crippen molar-refractivity contribution in [2.24, 2.45) is 0 Å². The van der Waals surface area contributed by atoms with Crippen molar-refractivity contribution in [2.45, 2.75) is 64.0 Å². The van der Waals surface area contributed by atoms with Crippen molar-refractivity contribution in [3.05, 3.63) is 62.5 Å². The number of piperazine rings is 1. The van der Waals surface area contributed by atoms with Crippen molar-refractivity contribution >= 4 is 29.1 Å². The van der Waals surface area contributed by atoms with Gasteiger partial charge in [-0.2, -0.15) is 0 Å². The van der Waals surface area contributed by atoms with Gasteiger partial charge in [0.1, 0.15) is 11.1 Å². The molecule has 0 radical (unpaired) electrons. The summed E-state index contributed by atoms with van der Waals surface area (Å²) in [7, 11) is 0. The highest BCUT2D eigenvalue weighted by molar-refractivity contribution is 6.30. The van der Waals surface area contributed by atoms with E-state index in [1.165, 1.54) is 6.42 Å². The van der Waals surface area contributed by atoms with Crippen molar-refractivity contribution in [3.8, 4) is 0 Å². The second kappa shape index (κ2) is 10.1. The lowest BCUT2D eigenvalue weighted by Crippen LogP contribution is -2.50. The van der Waals surface area contributed by atoms with Crippen LogP contribution in [0.4, 0.5) is 5.69 Å². The number of hydrogen-bond acceptors (Lipinski definition) is 4. The molecule has 0 spiro atoms. The highest BCUT2D eigenvalue weighted by Crippen LogP contribution is 2.35. The van der Waals surface area contributed by atoms with Gasteiger partial charge in [-0.05, 0) is 50.3 Å². The van der Waals surface area contributed by atoms with E-state index >= 15 is 0 Å². The molecule has 2 amide bonds. The van der Waals surface area contributed by atoms with Gasteiger partial charge >= 0.3 is 0 Å². The Labute approximate surface area is 211 Å². The predicted octanol–water partition coefficient (Wildman–Crippen LogP) is 4.17. The molecule has 0 unspecified atom stereocenters. The summed E-state index contributed by atoms with van der Waals surface area (Å²) in [6.45, 7) is 4.38. The topological polar surface area (TPSA) is 74.7 Å². The van der Waals surface area contributed by atoms with Crippen LogP contribution in [0.1, 0.15) is 77.3 Å². The number of aryl methyl sites for hydroxylation is 1. The lowest BCUT2D eigenvalue weighted by molar-refractivity contribution is 0.0744. The van der Waals surface area contributed by atoms with Crippen molar-refractivity contribution in [2.75, 3.05) is 31.1 Å². The van der Waals surface area contributed by atoms with Crippen LogP contribution >= 0.6 is 11.6 Å². The largest absolute Gasteiger partial charge is 0.368 e. The number of carbonyl (C=O) groups excluding carboxylic acids is 2. The standard InChI is InChI=1S/C27H33ClN4O3/c1-18-7-8-19(28)15-24(18)30-11-13-31(14-12-30)27(35)23-17-32(21-9-10-21)16-22(25(23)33)26(34)29-20-5-3-2-4-6-20/h7-8,15-17,20-21H,2-6,9-14H2,1H3,(H,29,34). The molecule has 1 aromatic carbocycles. The molecule has 7 nitrogen and oxygen atoms in total. The molecule has 3 fully saturated rings. The summed E-state index contributed by atoms with van der Waals surface area (Å²) in [6, 6.07) is 6.19. The van der Waals surface area contributed by atoms with Crippen LogP contribution in [0.5, 0.6) is 0 Å². The summed E-state index contributed by atoms with van der Waals surface area (Å²) in [5.41, 5.74) is 1.93. The van der Waals surface area contributed by atoms with E-state index in [0.717, 1.165) is 49.8 Å². The first-order valence-corrected chi connectivity index (χ1v) is 13.2. The van der Waals surface area contributed by atoms with Crippen molar-refractivity contribution in [1.29, 1.82) is 0 Å². The van der Waals surface area contributed by atoms with Crippen LogP contribution < -0.4 is 15.6 Å². The fourth-order valence-corrected chi connectivity index (χ4v) is 5.42. The Kier molecular flexibility index (Phi) is 6.87. The first kappa shape index (κ1) is 23.9. The maximum absolute atomic E-state index is 13.5. The van der Waals surface area contributed by atoms with E-state index in [-0.39, 0.29) is 35.0 Å². The van der Waals surface area contributed by atoms with Crippen molar-refractivity contribution in [1.82, 2.24) is 14.8 Å². The number of aromatic nitrogens is 1. The number of carbonyl (C=O) groups is 2. The zero-order valence-electron chi connectivity index (χ0n) is 20.3. The molecule has 2 aliphatic carbocycles. The van der Waals surface area contributed by atoms with E-state index in [9.17, 15) is 14.4 Å². The molecule has 3 aliphatic rings. The second-order valence-electron chi connectivity index (χ2n) is 10.1. The van der Waals surface area contributed by atoms with Gasteiger partial charge in [0.2, 0.25) is 5.43 Å². The molecule has 2 heterocycles. The lowest BCUT2D eigenvalue weighted by atomic mass is 9.95. The van der Waals surface area contributed by atoms with E-state index in [0.29, 0.717) is 31.2 Å². The Hall–Kier alpha value is -2.80. The number of amides is 2. The van der Waals surface area contributed by atoms with Crippen LogP contribution in [0.25, 0.3) is 0 Å². The van der Waals surface area contributed by atoms with Crippen LogP contribution in [0, 0.1) is 6.92 Å². The monoisotopic (exact) mass is 496 g/mol. The van der Waals surface area contributed by atoms with Crippen LogP contribution in [0.3, 0.4) is 0 Å². The zero-order valence-corrected chi connectivity index (χ0v) is 21.0. The van der Waals surface area contributed by atoms with Gasteiger partial charge < -0.3 is 19.7 Å². The Morgan fingerprint density at radius 1 is 0.943 bits per heavy atom. The minimum absolute atomic E-state index is 0.0847. The molecular weight excluding hydrogens is 464 g/mol. The van der Waals surface area contributed by atoms with Gasteiger partial charge in [-0.25, -0.2) is 0 Å². The van der Waals surface area contributed by atoms with E-state index in [1.54, 1.807) is 17.3 Å². The molecule has 0 bridgehead atoms. The first-order chi connectivity index (χ1) is 16.9. The quantitative estimate of drug-likeness (QED) is 0.674. The number of benzene rings is 1. The van der Waals surface area contributed by atoms with Crippen LogP contribution in [-0.2, 0) is 0 Å². The van der Waals surface area contributed by atoms with Crippen molar-refractivity contribution in [3.63, 3.8) is 0 Å². The molecule has 1 aromatic heterocycles. The molecule has 1 saturated heterocycles. The average Bonchev–Trinajstić information content (AvgIpc) is 3.72. The number of halogens is 1. The average molecular weight is 497 g/mol. The number of hydrogen-bond donors (Lipinski definition) is 1. The second-order valence-corrected chi connectivity index (χ2v) is 10.5. The number of anilines is 1. The predicted molar refractivity (Wildman–Crippen MR) is 138 cm³/mol. The molecule has 35 heavy (non-hydrogen) atoms. The Balaban J connectivity index is 1.34. The molecule has 1 aliphatic heterocycles. The van der Waals surface area contributed by atoms with Crippen LogP contribution in [0.2, 0.25) is 5.02 Å². The van der Waals surface area contributed by atoms with Gasteiger partial charge in [0.05, 0.1) is 0 Å². The molecule has 8 heteroatoms. The fourth-order valence-electron chi connectivity index (χ4n) is 5.25. The van der Waals surface area contributed by atoms with Gasteiger partial charge in [-0.15, -0.1) is 0 Å². The third kappa shape index (κ3) is 5.25.